The van der Waals surface area contributed by atoms with E-state index in [2.05, 4.69) is 18.9 Å². The molecule has 1 aliphatic rings. The van der Waals surface area contributed by atoms with E-state index in [0.717, 1.165) is 25.0 Å². The molecule has 0 spiro atoms. The predicted molar refractivity (Wildman–Crippen MR) is 70.4 cm³/mol. The molecule has 1 fully saturated rings. The number of hydrogen-bond acceptors (Lipinski definition) is 3. The van der Waals surface area contributed by atoms with Crippen LogP contribution in [0.4, 0.5) is 0 Å². The summed E-state index contributed by atoms with van der Waals surface area (Å²) in [4.78, 5) is 0. The van der Waals surface area contributed by atoms with Crippen molar-refractivity contribution < 1.29 is 10.2 Å². The molecule has 2 N–H and O–H groups in total. The summed E-state index contributed by atoms with van der Waals surface area (Å²) in [5.74, 6) is 0. The minimum atomic E-state index is -0.903. The molecule has 0 aliphatic heterocycles. The van der Waals surface area contributed by atoms with E-state index in [9.17, 15) is 10.2 Å². The normalized spacial score (nSPS) is 21.2. The van der Waals surface area contributed by atoms with Crippen molar-refractivity contribution in [3.05, 3.63) is 18.0 Å². The summed E-state index contributed by atoms with van der Waals surface area (Å²) in [6, 6.07) is 2.25. The van der Waals surface area contributed by atoms with Crippen molar-refractivity contribution in [3.63, 3.8) is 0 Å². The summed E-state index contributed by atoms with van der Waals surface area (Å²) in [6.45, 7) is 4.14. The molecule has 0 amide bonds. The third-order valence-corrected chi connectivity index (χ3v) is 3.93. The Kier molecular flexibility index (Phi) is 4.07. The predicted octanol–water partition coefficient (Wildman–Crippen LogP) is 2.06. The Morgan fingerprint density at radius 3 is 2.56 bits per heavy atom. The SMILES string of the molecule is CC(C)n1ccc(CC(O)C2(O)CCCCC2)n1. The third kappa shape index (κ3) is 2.93. The topological polar surface area (TPSA) is 58.3 Å². The fraction of sp³-hybridized carbons (Fsp3) is 0.786. The van der Waals surface area contributed by atoms with Crippen LogP contribution in [-0.4, -0.2) is 31.7 Å². The lowest BCUT2D eigenvalue weighted by molar-refractivity contribution is -0.0964. The molecule has 102 valence electrons. The molecule has 0 aromatic carbocycles. The molecular formula is C14H24N2O2. The standard InChI is InChI=1S/C14H24N2O2/c1-11(2)16-9-6-12(15-16)10-13(17)14(18)7-4-3-5-8-14/h6,9,11,13,17-18H,3-5,7-8,10H2,1-2H3. The molecule has 0 bridgehead atoms. The summed E-state index contributed by atoms with van der Waals surface area (Å²) in [5.41, 5.74) is -0.0463. The molecule has 1 aromatic heterocycles. The molecule has 1 atom stereocenters. The zero-order chi connectivity index (χ0) is 13.2. The second kappa shape index (κ2) is 5.41. The molecule has 18 heavy (non-hydrogen) atoms. The van der Waals surface area contributed by atoms with Gasteiger partial charge in [-0.2, -0.15) is 5.10 Å². The first-order valence-electron chi connectivity index (χ1n) is 6.96. The van der Waals surface area contributed by atoms with Crippen LogP contribution in [0.5, 0.6) is 0 Å². The summed E-state index contributed by atoms with van der Waals surface area (Å²) < 4.78 is 1.88. The number of nitrogens with zero attached hydrogens (tertiary/aromatic N) is 2. The molecule has 1 aromatic rings. The molecule has 1 unspecified atom stereocenters. The van der Waals surface area contributed by atoms with E-state index in [1.165, 1.54) is 0 Å². The van der Waals surface area contributed by atoms with Gasteiger partial charge in [0.05, 0.1) is 17.4 Å². The minimum absolute atomic E-state index is 0.327. The molecule has 4 nitrogen and oxygen atoms in total. The maximum atomic E-state index is 10.4. The van der Waals surface area contributed by atoms with E-state index in [-0.39, 0.29) is 0 Å². The van der Waals surface area contributed by atoms with Crippen molar-refractivity contribution in [2.24, 2.45) is 0 Å². The summed E-state index contributed by atoms with van der Waals surface area (Å²) >= 11 is 0. The molecule has 1 heterocycles. The van der Waals surface area contributed by atoms with E-state index >= 15 is 0 Å². The average Bonchev–Trinajstić information content (AvgIpc) is 2.78. The number of rotatable bonds is 4. The van der Waals surface area contributed by atoms with Crippen LogP contribution in [0.1, 0.15) is 57.7 Å². The lowest BCUT2D eigenvalue weighted by Crippen LogP contribution is -2.45. The van der Waals surface area contributed by atoms with Gasteiger partial charge in [0.25, 0.3) is 0 Å². The quantitative estimate of drug-likeness (QED) is 0.862. The van der Waals surface area contributed by atoms with Crippen molar-refractivity contribution in [1.29, 1.82) is 0 Å². The van der Waals surface area contributed by atoms with Gasteiger partial charge in [-0.05, 0) is 32.8 Å². The van der Waals surface area contributed by atoms with Crippen molar-refractivity contribution in [1.82, 2.24) is 9.78 Å². The van der Waals surface area contributed by atoms with Gasteiger partial charge < -0.3 is 10.2 Å². The van der Waals surface area contributed by atoms with Gasteiger partial charge in [0.2, 0.25) is 0 Å². The highest BCUT2D eigenvalue weighted by Crippen LogP contribution is 2.32. The smallest absolute Gasteiger partial charge is 0.0909 e. The van der Waals surface area contributed by atoms with Crippen LogP contribution in [0.3, 0.4) is 0 Å². The summed E-state index contributed by atoms with van der Waals surface area (Å²) in [5, 5.41) is 25.1. The van der Waals surface area contributed by atoms with Crippen LogP contribution in [-0.2, 0) is 6.42 Å². The molecule has 1 aliphatic carbocycles. The number of hydrogen-bond donors (Lipinski definition) is 2. The Balaban J connectivity index is 1.99. The van der Waals surface area contributed by atoms with Crippen molar-refractivity contribution in [2.75, 3.05) is 0 Å². The maximum absolute atomic E-state index is 10.4. The van der Waals surface area contributed by atoms with Crippen molar-refractivity contribution in [2.45, 2.75) is 70.1 Å². The van der Waals surface area contributed by atoms with Gasteiger partial charge in [-0.1, -0.05) is 19.3 Å². The van der Waals surface area contributed by atoms with Crippen LogP contribution in [0.15, 0.2) is 12.3 Å². The van der Waals surface area contributed by atoms with Gasteiger partial charge in [-0.25, -0.2) is 0 Å². The van der Waals surface area contributed by atoms with E-state index in [1.807, 2.05) is 16.9 Å². The molecular weight excluding hydrogens is 228 g/mol. The van der Waals surface area contributed by atoms with Gasteiger partial charge in [-0.3, -0.25) is 4.68 Å². The summed E-state index contributed by atoms with van der Waals surface area (Å²) in [7, 11) is 0. The summed E-state index contributed by atoms with van der Waals surface area (Å²) in [6.07, 6.45) is 6.26. The zero-order valence-electron chi connectivity index (χ0n) is 11.3. The number of aromatic nitrogens is 2. The highest BCUT2D eigenvalue weighted by atomic mass is 16.3. The van der Waals surface area contributed by atoms with Gasteiger partial charge in [0.1, 0.15) is 0 Å². The van der Waals surface area contributed by atoms with Crippen LogP contribution in [0, 0.1) is 0 Å². The second-order valence-corrected chi connectivity index (χ2v) is 5.76. The first-order valence-corrected chi connectivity index (χ1v) is 6.96. The Hall–Kier alpha value is -0.870. The monoisotopic (exact) mass is 252 g/mol. The lowest BCUT2D eigenvalue weighted by Gasteiger charge is -2.36. The lowest BCUT2D eigenvalue weighted by atomic mass is 9.79. The van der Waals surface area contributed by atoms with Crippen molar-refractivity contribution >= 4 is 0 Å². The van der Waals surface area contributed by atoms with Crippen LogP contribution in [0.25, 0.3) is 0 Å². The van der Waals surface area contributed by atoms with Gasteiger partial charge >= 0.3 is 0 Å². The Bertz CT molecular complexity index is 381. The molecule has 1 saturated carbocycles. The fourth-order valence-corrected chi connectivity index (χ4v) is 2.66. The Labute approximate surface area is 109 Å². The average molecular weight is 252 g/mol. The molecule has 2 rings (SSSR count). The molecule has 4 heteroatoms. The van der Waals surface area contributed by atoms with E-state index in [1.54, 1.807) is 0 Å². The first-order chi connectivity index (χ1) is 8.51. The van der Waals surface area contributed by atoms with Crippen LogP contribution < -0.4 is 0 Å². The second-order valence-electron chi connectivity index (χ2n) is 5.76. The van der Waals surface area contributed by atoms with Crippen LogP contribution in [0.2, 0.25) is 0 Å². The van der Waals surface area contributed by atoms with Gasteiger partial charge in [-0.15, -0.1) is 0 Å². The number of aliphatic hydroxyl groups excluding tert-OH is 1. The third-order valence-electron chi connectivity index (χ3n) is 3.93. The molecule has 0 radical (unpaired) electrons. The highest BCUT2D eigenvalue weighted by molar-refractivity contribution is 5.04. The van der Waals surface area contributed by atoms with Crippen molar-refractivity contribution in [3.8, 4) is 0 Å². The Morgan fingerprint density at radius 2 is 2.00 bits per heavy atom. The van der Waals surface area contributed by atoms with E-state index in [4.69, 9.17) is 0 Å². The zero-order valence-corrected chi connectivity index (χ0v) is 11.3. The largest absolute Gasteiger partial charge is 0.390 e. The minimum Gasteiger partial charge on any atom is -0.390 e. The van der Waals surface area contributed by atoms with Gasteiger partial charge in [0.15, 0.2) is 0 Å². The van der Waals surface area contributed by atoms with E-state index in [0.29, 0.717) is 25.3 Å². The molecule has 0 saturated heterocycles. The van der Waals surface area contributed by atoms with Gasteiger partial charge in [0, 0.05) is 18.7 Å². The number of aliphatic hydroxyl groups is 2. The first kappa shape index (κ1) is 13.6. The highest BCUT2D eigenvalue weighted by Gasteiger charge is 2.36. The Morgan fingerprint density at radius 1 is 1.33 bits per heavy atom. The fourth-order valence-electron chi connectivity index (χ4n) is 2.66. The van der Waals surface area contributed by atoms with E-state index < -0.39 is 11.7 Å². The maximum Gasteiger partial charge on any atom is 0.0909 e. The van der Waals surface area contributed by atoms with Crippen LogP contribution >= 0.6 is 0 Å².